The topological polar surface area (TPSA) is 43.4 Å². The second-order valence-corrected chi connectivity index (χ2v) is 5.99. The van der Waals surface area contributed by atoms with Gasteiger partial charge in [0, 0.05) is 6.07 Å². The molecule has 0 amide bonds. The van der Waals surface area contributed by atoms with Crippen molar-refractivity contribution in [3.8, 4) is 0 Å². The number of hydrogen-bond donors (Lipinski definition) is 0. The molecule has 0 aliphatic heterocycles. The van der Waals surface area contributed by atoms with Gasteiger partial charge in [0.2, 0.25) is 0 Å². The molecule has 18 heavy (non-hydrogen) atoms. The Bertz CT molecular complexity index is 502. The van der Waals surface area contributed by atoms with Gasteiger partial charge in [-0.3, -0.25) is 4.18 Å². The Morgan fingerprint density at radius 3 is 2.11 bits per heavy atom. The molecule has 0 unspecified atom stereocenters. The van der Waals surface area contributed by atoms with Gasteiger partial charge in [-0.25, -0.2) is 8.78 Å². The number of halogens is 2. The molecule has 1 aromatic rings. The van der Waals surface area contributed by atoms with E-state index < -0.39 is 26.6 Å². The minimum absolute atomic E-state index is 0.380. The average Bonchev–Trinajstić information content (AvgIpc) is 2.28. The molecule has 0 saturated heterocycles. The van der Waals surface area contributed by atoms with Gasteiger partial charge in [-0.05, 0) is 25.0 Å². The van der Waals surface area contributed by atoms with Gasteiger partial charge < -0.3 is 0 Å². The molecule has 0 aromatic heterocycles. The van der Waals surface area contributed by atoms with Crippen LogP contribution in [0.2, 0.25) is 0 Å². The molecule has 0 N–H and O–H groups in total. The monoisotopic (exact) mass is 276 g/mol. The maximum atomic E-state index is 13.0. The van der Waals surface area contributed by atoms with Crippen LogP contribution in [0.25, 0.3) is 0 Å². The Morgan fingerprint density at radius 2 is 1.56 bits per heavy atom. The van der Waals surface area contributed by atoms with E-state index in [0.717, 1.165) is 31.4 Å². The predicted octanol–water partition coefficient (Wildman–Crippen LogP) is 3.00. The van der Waals surface area contributed by atoms with Crippen molar-refractivity contribution in [1.29, 1.82) is 0 Å². The van der Waals surface area contributed by atoms with Crippen LogP contribution < -0.4 is 0 Å². The maximum absolute atomic E-state index is 13.0. The molecule has 0 heterocycles. The summed E-state index contributed by atoms with van der Waals surface area (Å²) in [4.78, 5) is -0.467. The second-order valence-electron chi connectivity index (χ2n) is 4.42. The zero-order chi connectivity index (χ0) is 13.2. The molecular weight excluding hydrogens is 262 g/mol. The van der Waals surface area contributed by atoms with Gasteiger partial charge >= 0.3 is 0 Å². The third-order valence-electron chi connectivity index (χ3n) is 2.94. The highest BCUT2D eigenvalue weighted by Crippen LogP contribution is 2.25. The van der Waals surface area contributed by atoms with Crippen LogP contribution in [0.5, 0.6) is 0 Å². The van der Waals surface area contributed by atoms with Crippen LogP contribution in [-0.4, -0.2) is 14.5 Å². The van der Waals surface area contributed by atoms with E-state index in [0.29, 0.717) is 18.9 Å². The molecule has 0 bridgehead atoms. The SMILES string of the molecule is O=S(=O)(OC1CCCCC1)c1cc(F)cc(F)c1. The van der Waals surface area contributed by atoms with Crippen molar-refractivity contribution in [1.82, 2.24) is 0 Å². The van der Waals surface area contributed by atoms with E-state index in [1.54, 1.807) is 0 Å². The molecular formula is C12H14F2O3S. The van der Waals surface area contributed by atoms with E-state index >= 15 is 0 Å². The van der Waals surface area contributed by atoms with E-state index in [4.69, 9.17) is 4.18 Å². The first-order valence-electron chi connectivity index (χ1n) is 5.87. The Labute approximate surface area is 105 Å². The summed E-state index contributed by atoms with van der Waals surface area (Å²) in [6, 6.07) is 2.15. The standard InChI is InChI=1S/C12H14F2O3S/c13-9-6-10(14)8-12(7-9)18(15,16)17-11-4-2-1-3-5-11/h6-8,11H,1-5H2. The highest BCUT2D eigenvalue weighted by Gasteiger charge is 2.24. The molecule has 1 saturated carbocycles. The van der Waals surface area contributed by atoms with Gasteiger partial charge in [0.25, 0.3) is 10.1 Å². The van der Waals surface area contributed by atoms with Crippen LogP contribution in [0.1, 0.15) is 32.1 Å². The minimum Gasteiger partial charge on any atom is -0.263 e. The third-order valence-corrected chi connectivity index (χ3v) is 4.28. The molecule has 1 aliphatic carbocycles. The smallest absolute Gasteiger partial charge is 0.263 e. The summed E-state index contributed by atoms with van der Waals surface area (Å²) in [5.41, 5.74) is 0. The first-order valence-corrected chi connectivity index (χ1v) is 7.27. The summed E-state index contributed by atoms with van der Waals surface area (Å²) >= 11 is 0. The Balaban J connectivity index is 2.19. The highest BCUT2D eigenvalue weighted by molar-refractivity contribution is 7.86. The van der Waals surface area contributed by atoms with Crippen LogP contribution >= 0.6 is 0 Å². The molecule has 1 aliphatic rings. The molecule has 1 aromatic carbocycles. The van der Waals surface area contributed by atoms with E-state index in [1.165, 1.54) is 0 Å². The maximum Gasteiger partial charge on any atom is 0.297 e. The molecule has 6 heteroatoms. The van der Waals surface area contributed by atoms with Gasteiger partial charge in [-0.2, -0.15) is 8.42 Å². The van der Waals surface area contributed by atoms with Crippen LogP contribution in [-0.2, 0) is 14.3 Å². The molecule has 0 radical (unpaired) electrons. The fraction of sp³-hybridized carbons (Fsp3) is 0.500. The summed E-state index contributed by atoms with van der Waals surface area (Å²) in [5, 5.41) is 0. The number of benzene rings is 1. The van der Waals surface area contributed by atoms with Crippen LogP contribution in [0.3, 0.4) is 0 Å². The summed E-state index contributed by atoms with van der Waals surface area (Å²) in [6.07, 6.45) is 3.84. The van der Waals surface area contributed by atoms with E-state index in [-0.39, 0.29) is 6.10 Å². The summed E-state index contributed by atoms with van der Waals surface area (Å²) in [6.45, 7) is 0. The van der Waals surface area contributed by atoms with Gasteiger partial charge in [-0.1, -0.05) is 19.3 Å². The van der Waals surface area contributed by atoms with Crippen molar-refractivity contribution >= 4 is 10.1 Å². The Hall–Kier alpha value is -1.01. The minimum atomic E-state index is -4.08. The summed E-state index contributed by atoms with van der Waals surface area (Å²) in [5.74, 6) is -1.86. The largest absolute Gasteiger partial charge is 0.297 e. The molecule has 1 fully saturated rings. The highest BCUT2D eigenvalue weighted by atomic mass is 32.2. The number of rotatable bonds is 3. The second kappa shape index (κ2) is 5.32. The lowest BCUT2D eigenvalue weighted by atomic mass is 9.98. The van der Waals surface area contributed by atoms with Crippen molar-refractivity contribution in [3.63, 3.8) is 0 Å². The third kappa shape index (κ3) is 3.26. The lowest BCUT2D eigenvalue weighted by Gasteiger charge is -2.21. The van der Waals surface area contributed by atoms with Gasteiger partial charge in [0.15, 0.2) is 0 Å². The molecule has 0 atom stereocenters. The van der Waals surface area contributed by atoms with E-state index in [9.17, 15) is 17.2 Å². The lowest BCUT2D eigenvalue weighted by Crippen LogP contribution is -2.21. The predicted molar refractivity (Wildman–Crippen MR) is 61.5 cm³/mol. The normalized spacial score (nSPS) is 17.9. The molecule has 3 nitrogen and oxygen atoms in total. The number of hydrogen-bond acceptors (Lipinski definition) is 3. The Kier molecular flexibility index (Phi) is 3.97. The van der Waals surface area contributed by atoms with Crippen molar-refractivity contribution in [2.45, 2.75) is 43.1 Å². The zero-order valence-corrected chi connectivity index (χ0v) is 10.6. The van der Waals surface area contributed by atoms with Crippen molar-refractivity contribution < 1.29 is 21.4 Å². The fourth-order valence-corrected chi connectivity index (χ4v) is 3.24. The van der Waals surface area contributed by atoms with Crippen molar-refractivity contribution in [2.75, 3.05) is 0 Å². The molecule has 2 rings (SSSR count). The van der Waals surface area contributed by atoms with Gasteiger partial charge in [0.05, 0.1) is 11.0 Å². The summed E-state index contributed by atoms with van der Waals surface area (Å²) < 4.78 is 54.7. The van der Waals surface area contributed by atoms with Gasteiger partial charge in [0.1, 0.15) is 11.6 Å². The quantitative estimate of drug-likeness (QED) is 0.797. The molecule has 100 valence electrons. The average molecular weight is 276 g/mol. The van der Waals surface area contributed by atoms with Crippen LogP contribution in [0, 0.1) is 11.6 Å². The van der Waals surface area contributed by atoms with E-state index in [1.807, 2.05) is 0 Å². The first-order chi connectivity index (χ1) is 8.47. The Morgan fingerprint density at radius 1 is 1.00 bits per heavy atom. The van der Waals surface area contributed by atoms with Gasteiger partial charge in [-0.15, -0.1) is 0 Å². The summed E-state index contributed by atoms with van der Waals surface area (Å²) in [7, 11) is -4.08. The van der Waals surface area contributed by atoms with Crippen molar-refractivity contribution in [3.05, 3.63) is 29.8 Å². The lowest BCUT2D eigenvalue weighted by molar-refractivity contribution is 0.162. The molecule has 0 spiro atoms. The van der Waals surface area contributed by atoms with E-state index in [2.05, 4.69) is 0 Å². The fourth-order valence-electron chi connectivity index (χ4n) is 2.07. The van der Waals surface area contributed by atoms with Crippen LogP contribution in [0.4, 0.5) is 8.78 Å². The zero-order valence-electron chi connectivity index (χ0n) is 9.73. The van der Waals surface area contributed by atoms with Crippen LogP contribution in [0.15, 0.2) is 23.1 Å². The van der Waals surface area contributed by atoms with Crippen molar-refractivity contribution in [2.24, 2.45) is 0 Å². The first kappa shape index (κ1) is 13.4.